The summed E-state index contributed by atoms with van der Waals surface area (Å²) in [6, 6.07) is 5.85. The zero-order chi connectivity index (χ0) is 16.4. The number of nitrogens with zero attached hydrogens (tertiary/aromatic N) is 2. The molecular weight excluding hydrogens is 358 g/mol. The summed E-state index contributed by atoms with van der Waals surface area (Å²) in [5.74, 6) is 0.725. The van der Waals surface area contributed by atoms with Crippen LogP contribution in [0.15, 0.2) is 33.8 Å². The third kappa shape index (κ3) is 3.56. The summed E-state index contributed by atoms with van der Waals surface area (Å²) >= 11 is 3.30. The van der Waals surface area contributed by atoms with Crippen molar-refractivity contribution in [1.29, 1.82) is 0 Å². The summed E-state index contributed by atoms with van der Waals surface area (Å²) in [5, 5.41) is 6.46. The molecule has 1 aliphatic heterocycles. The number of rotatable bonds is 3. The number of nitrogens with two attached hydrogens (primary N) is 1. The summed E-state index contributed by atoms with van der Waals surface area (Å²) in [5.41, 5.74) is 8.71. The lowest BCUT2D eigenvalue weighted by Gasteiger charge is -2.24. The van der Waals surface area contributed by atoms with Gasteiger partial charge in [-0.25, -0.2) is 4.98 Å². The van der Waals surface area contributed by atoms with Crippen LogP contribution in [0.1, 0.15) is 24.3 Å². The minimum absolute atomic E-state index is 0.188. The molecule has 1 aromatic heterocycles. The van der Waals surface area contributed by atoms with Gasteiger partial charge in [-0.3, -0.25) is 4.79 Å². The first-order chi connectivity index (χ1) is 11.0. The molecule has 0 bridgehead atoms. The highest BCUT2D eigenvalue weighted by Gasteiger charge is 2.17. The summed E-state index contributed by atoms with van der Waals surface area (Å²) in [6.45, 7) is 2.04. The largest absolute Gasteiger partial charge is 0.398 e. The van der Waals surface area contributed by atoms with E-state index in [4.69, 9.17) is 5.73 Å². The first-order valence-corrected chi connectivity index (χ1v) is 8.44. The maximum Gasteiger partial charge on any atom is 0.293 e. The smallest absolute Gasteiger partial charge is 0.293 e. The molecule has 1 atom stereocenters. The van der Waals surface area contributed by atoms with Crippen LogP contribution in [0.2, 0.25) is 0 Å². The van der Waals surface area contributed by atoms with Crippen LogP contribution in [0, 0.1) is 0 Å². The highest BCUT2D eigenvalue weighted by atomic mass is 79.9. The Hall–Kier alpha value is -1.86. The Morgan fingerprint density at radius 3 is 3.00 bits per heavy atom. The number of hydrogen-bond acceptors (Lipinski definition) is 5. The van der Waals surface area contributed by atoms with E-state index in [0.29, 0.717) is 10.5 Å². The average molecular weight is 378 g/mol. The molecule has 6 nitrogen and oxygen atoms in total. The van der Waals surface area contributed by atoms with Gasteiger partial charge in [0.1, 0.15) is 4.60 Å². The van der Waals surface area contributed by atoms with E-state index in [2.05, 4.69) is 31.5 Å². The maximum atomic E-state index is 12.1. The molecule has 1 saturated heterocycles. The monoisotopic (exact) mass is 377 g/mol. The van der Waals surface area contributed by atoms with Gasteiger partial charge in [0, 0.05) is 31.2 Å². The molecule has 0 aliphatic carbocycles. The van der Waals surface area contributed by atoms with Crippen LogP contribution in [0.25, 0.3) is 0 Å². The molecule has 1 aromatic carbocycles. The van der Waals surface area contributed by atoms with E-state index in [9.17, 15) is 4.79 Å². The predicted molar refractivity (Wildman–Crippen MR) is 96.2 cm³/mol. The molecule has 0 amide bonds. The van der Waals surface area contributed by atoms with Gasteiger partial charge in [-0.2, -0.15) is 0 Å². The second kappa shape index (κ2) is 6.72. The van der Waals surface area contributed by atoms with Crippen LogP contribution in [-0.2, 0) is 7.05 Å². The SMILES string of the molecule is Cn1cc(Br)nc(Nc2ccc(C3CCCNC3)c(N)c2)c1=O. The fourth-order valence-electron chi connectivity index (χ4n) is 2.93. The molecule has 4 N–H and O–H groups in total. The van der Waals surface area contributed by atoms with E-state index in [1.165, 1.54) is 11.0 Å². The summed E-state index contributed by atoms with van der Waals surface area (Å²) in [4.78, 5) is 16.3. The first kappa shape index (κ1) is 16.0. The zero-order valence-corrected chi connectivity index (χ0v) is 14.6. The van der Waals surface area contributed by atoms with Crippen molar-refractivity contribution >= 4 is 33.1 Å². The topological polar surface area (TPSA) is 85.0 Å². The summed E-state index contributed by atoms with van der Waals surface area (Å²) in [7, 11) is 1.69. The average Bonchev–Trinajstić information content (AvgIpc) is 2.53. The van der Waals surface area contributed by atoms with Gasteiger partial charge in [0.05, 0.1) is 0 Å². The maximum absolute atomic E-state index is 12.1. The molecule has 0 saturated carbocycles. The van der Waals surface area contributed by atoms with Gasteiger partial charge in [0.25, 0.3) is 5.56 Å². The van der Waals surface area contributed by atoms with Crippen LogP contribution in [-0.4, -0.2) is 22.6 Å². The second-order valence-corrected chi connectivity index (χ2v) is 6.65. The van der Waals surface area contributed by atoms with Gasteiger partial charge in [-0.15, -0.1) is 0 Å². The number of halogens is 1. The molecule has 7 heteroatoms. The van der Waals surface area contributed by atoms with Crippen LogP contribution < -0.4 is 21.9 Å². The van der Waals surface area contributed by atoms with Crippen LogP contribution >= 0.6 is 15.9 Å². The summed E-state index contributed by atoms with van der Waals surface area (Å²) < 4.78 is 2.07. The first-order valence-electron chi connectivity index (χ1n) is 7.65. The number of hydrogen-bond donors (Lipinski definition) is 3. The second-order valence-electron chi connectivity index (χ2n) is 5.84. The van der Waals surface area contributed by atoms with Crippen LogP contribution in [0.4, 0.5) is 17.2 Å². The Morgan fingerprint density at radius 2 is 2.30 bits per heavy atom. The van der Waals surface area contributed by atoms with E-state index in [1.54, 1.807) is 13.2 Å². The quantitative estimate of drug-likeness (QED) is 0.714. The van der Waals surface area contributed by atoms with Crippen LogP contribution in [0.3, 0.4) is 0 Å². The fourth-order valence-corrected chi connectivity index (χ4v) is 3.41. The predicted octanol–water partition coefficient (Wildman–Crippen LogP) is 2.34. The summed E-state index contributed by atoms with van der Waals surface area (Å²) in [6.07, 6.45) is 3.95. The van der Waals surface area contributed by atoms with Gasteiger partial charge >= 0.3 is 0 Å². The Bertz CT molecular complexity index is 768. The number of aryl methyl sites for hydroxylation is 1. The molecule has 1 fully saturated rings. The van der Waals surface area contributed by atoms with Crippen molar-refractivity contribution in [3.8, 4) is 0 Å². The van der Waals surface area contributed by atoms with Gasteiger partial charge < -0.3 is 20.9 Å². The van der Waals surface area contributed by atoms with Gasteiger partial charge in [-0.05, 0) is 58.9 Å². The molecule has 1 unspecified atom stereocenters. The Labute approximate surface area is 143 Å². The minimum atomic E-state index is -0.188. The van der Waals surface area contributed by atoms with Crippen molar-refractivity contribution in [2.24, 2.45) is 7.05 Å². The Morgan fingerprint density at radius 1 is 1.48 bits per heavy atom. The molecule has 23 heavy (non-hydrogen) atoms. The molecule has 0 spiro atoms. The highest BCUT2D eigenvalue weighted by Crippen LogP contribution is 2.30. The lowest BCUT2D eigenvalue weighted by Crippen LogP contribution is -2.28. The van der Waals surface area contributed by atoms with Gasteiger partial charge in [-0.1, -0.05) is 6.07 Å². The highest BCUT2D eigenvalue weighted by molar-refractivity contribution is 9.10. The molecule has 122 valence electrons. The third-order valence-electron chi connectivity index (χ3n) is 4.13. The zero-order valence-electron chi connectivity index (χ0n) is 13.0. The van der Waals surface area contributed by atoms with Crippen molar-refractivity contribution in [2.75, 3.05) is 24.1 Å². The molecular formula is C16H20BrN5O. The van der Waals surface area contributed by atoms with Crippen molar-refractivity contribution in [1.82, 2.24) is 14.9 Å². The number of nitrogen functional groups attached to an aromatic ring is 1. The molecule has 2 aromatic rings. The van der Waals surface area contributed by atoms with Crippen LogP contribution in [0.5, 0.6) is 0 Å². The number of piperidine rings is 1. The van der Waals surface area contributed by atoms with Crippen molar-refractivity contribution in [2.45, 2.75) is 18.8 Å². The molecule has 2 heterocycles. The molecule has 1 aliphatic rings. The molecule has 0 radical (unpaired) electrons. The van der Waals surface area contributed by atoms with E-state index in [-0.39, 0.29) is 11.4 Å². The van der Waals surface area contributed by atoms with Crippen molar-refractivity contribution in [3.63, 3.8) is 0 Å². The van der Waals surface area contributed by atoms with E-state index in [1.807, 2.05) is 18.2 Å². The van der Waals surface area contributed by atoms with Gasteiger partial charge in [0.2, 0.25) is 0 Å². The van der Waals surface area contributed by atoms with E-state index in [0.717, 1.165) is 36.4 Å². The van der Waals surface area contributed by atoms with E-state index < -0.39 is 0 Å². The standard InChI is InChI=1S/C16H20BrN5O/c1-22-9-14(17)21-15(16(22)23)20-11-4-5-12(13(18)7-11)10-3-2-6-19-8-10/h4-5,7,9-10,19H,2-3,6,8,18H2,1H3,(H,20,21). The lowest BCUT2D eigenvalue weighted by atomic mass is 9.90. The van der Waals surface area contributed by atoms with Crippen molar-refractivity contribution < 1.29 is 0 Å². The molecule has 3 rings (SSSR count). The number of aromatic nitrogens is 2. The van der Waals surface area contributed by atoms with E-state index >= 15 is 0 Å². The normalized spacial score (nSPS) is 17.9. The fraction of sp³-hybridized carbons (Fsp3) is 0.375. The number of anilines is 3. The lowest BCUT2D eigenvalue weighted by molar-refractivity contribution is 0.462. The Kier molecular flexibility index (Phi) is 4.68. The minimum Gasteiger partial charge on any atom is -0.398 e. The van der Waals surface area contributed by atoms with Crippen molar-refractivity contribution in [3.05, 3.63) is 44.9 Å². The number of nitrogens with one attached hydrogen (secondary N) is 2. The number of benzene rings is 1. The van der Waals surface area contributed by atoms with Gasteiger partial charge in [0.15, 0.2) is 5.82 Å². The Balaban J connectivity index is 1.85. The third-order valence-corrected chi connectivity index (χ3v) is 4.51.